The molecule has 0 aromatic rings. The topological polar surface area (TPSA) is 43.4 Å². The number of hydrogen-bond donors (Lipinski definition) is 0. The van der Waals surface area contributed by atoms with Crippen LogP contribution in [0, 0.1) is 28.6 Å². The first-order valence-corrected chi connectivity index (χ1v) is 9.74. The van der Waals surface area contributed by atoms with Crippen molar-refractivity contribution in [3.05, 3.63) is 11.6 Å². The third-order valence-electron chi connectivity index (χ3n) is 8.10. The van der Waals surface area contributed by atoms with E-state index in [-0.39, 0.29) is 22.9 Å². The third kappa shape index (κ3) is 2.23. The van der Waals surface area contributed by atoms with Crippen LogP contribution in [0.2, 0.25) is 0 Å². The summed E-state index contributed by atoms with van der Waals surface area (Å²) < 4.78 is 5.50. The van der Waals surface area contributed by atoms with E-state index in [1.54, 1.807) is 0 Å². The summed E-state index contributed by atoms with van der Waals surface area (Å²) in [7, 11) is 0. The van der Waals surface area contributed by atoms with Crippen molar-refractivity contribution >= 4 is 11.8 Å². The predicted molar refractivity (Wildman–Crippen MR) is 92.3 cm³/mol. The number of rotatable bonds is 1. The molecule has 3 saturated carbocycles. The van der Waals surface area contributed by atoms with Crippen LogP contribution in [-0.4, -0.2) is 17.9 Å². The SMILES string of the molecule is CC(=O)OC1CC[C@@]2(C)C(=CC[C@H]3C2CC[C@]2(C)C(=O)CCC32)C1. The van der Waals surface area contributed by atoms with Crippen molar-refractivity contribution in [1.82, 2.24) is 0 Å². The van der Waals surface area contributed by atoms with Crippen LogP contribution in [-0.2, 0) is 14.3 Å². The Hall–Kier alpha value is -1.12. The average molecular weight is 330 g/mol. The van der Waals surface area contributed by atoms with Gasteiger partial charge in [0.15, 0.2) is 0 Å². The van der Waals surface area contributed by atoms with Gasteiger partial charge in [-0.2, -0.15) is 0 Å². The Morgan fingerprint density at radius 3 is 2.58 bits per heavy atom. The van der Waals surface area contributed by atoms with Crippen LogP contribution in [0.3, 0.4) is 0 Å². The van der Waals surface area contributed by atoms with Crippen LogP contribution >= 0.6 is 0 Å². The molecule has 132 valence electrons. The molecule has 0 aromatic heterocycles. The van der Waals surface area contributed by atoms with Gasteiger partial charge in [0.05, 0.1) is 0 Å². The van der Waals surface area contributed by atoms with Gasteiger partial charge in [-0.1, -0.05) is 25.5 Å². The summed E-state index contributed by atoms with van der Waals surface area (Å²) in [6, 6.07) is 0. The second kappa shape index (κ2) is 5.44. The standard InChI is InChI=1S/C21H30O3/c1-13(22)24-15-8-10-20(2)14(12-15)4-5-16-17-6-7-19(23)21(17,3)11-9-18(16)20/h4,15-18H,5-12H2,1-3H3/t15?,16-,17?,18?,20+,21+/m1/s1. The molecule has 4 aliphatic carbocycles. The maximum absolute atomic E-state index is 12.4. The van der Waals surface area contributed by atoms with Gasteiger partial charge in [0.2, 0.25) is 0 Å². The summed E-state index contributed by atoms with van der Waals surface area (Å²) in [6.07, 6.45) is 10.8. The molecular weight excluding hydrogens is 300 g/mol. The number of ether oxygens (including phenoxy) is 1. The fraction of sp³-hybridized carbons (Fsp3) is 0.810. The van der Waals surface area contributed by atoms with Crippen LogP contribution in [0.1, 0.15) is 72.1 Å². The van der Waals surface area contributed by atoms with Crippen LogP contribution in [0.15, 0.2) is 11.6 Å². The highest BCUT2D eigenvalue weighted by atomic mass is 16.5. The summed E-state index contributed by atoms with van der Waals surface area (Å²) >= 11 is 0. The quantitative estimate of drug-likeness (QED) is 0.527. The first-order valence-electron chi connectivity index (χ1n) is 9.74. The van der Waals surface area contributed by atoms with Crippen molar-refractivity contribution in [2.75, 3.05) is 0 Å². The number of carbonyl (C=O) groups excluding carboxylic acids is 2. The van der Waals surface area contributed by atoms with Crippen molar-refractivity contribution in [3.8, 4) is 0 Å². The van der Waals surface area contributed by atoms with Crippen molar-refractivity contribution in [2.45, 2.75) is 78.2 Å². The van der Waals surface area contributed by atoms with Gasteiger partial charge in [0.1, 0.15) is 11.9 Å². The van der Waals surface area contributed by atoms with Crippen molar-refractivity contribution < 1.29 is 14.3 Å². The highest BCUT2D eigenvalue weighted by Gasteiger charge is 2.58. The summed E-state index contributed by atoms with van der Waals surface area (Å²) in [4.78, 5) is 23.7. The number of esters is 1. The van der Waals surface area contributed by atoms with Crippen LogP contribution in [0.5, 0.6) is 0 Å². The Balaban J connectivity index is 1.60. The third-order valence-corrected chi connectivity index (χ3v) is 8.10. The largest absolute Gasteiger partial charge is 0.462 e. The van der Waals surface area contributed by atoms with E-state index in [0.29, 0.717) is 23.5 Å². The Kier molecular flexibility index (Phi) is 3.71. The lowest BCUT2D eigenvalue weighted by molar-refractivity contribution is -0.148. The Morgan fingerprint density at radius 1 is 1.12 bits per heavy atom. The first-order chi connectivity index (χ1) is 11.3. The molecule has 3 heteroatoms. The molecule has 0 aliphatic heterocycles. The average Bonchev–Trinajstić information content (AvgIpc) is 2.83. The zero-order valence-corrected chi connectivity index (χ0v) is 15.3. The molecule has 4 aliphatic rings. The van der Waals surface area contributed by atoms with E-state index in [0.717, 1.165) is 44.9 Å². The predicted octanol–water partition coefficient (Wildman–Crippen LogP) is 4.45. The molecule has 0 spiro atoms. The minimum atomic E-state index is -0.157. The Bertz CT molecular complexity index is 606. The van der Waals surface area contributed by atoms with E-state index in [4.69, 9.17) is 4.74 Å². The normalized spacial score (nSPS) is 47.3. The summed E-state index contributed by atoms with van der Waals surface area (Å²) in [5, 5.41) is 0. The molecule has 3 fully saturated rings. The van der Waals surface area contributed by atoms with E-state index in [2.05, 4.69) is 19.9 Å². The van der Waals surface area contributed by atoms with Gasteiger partial charge in [-0.15, -0.1) is 0 Å². The molecule has 0 aromatic carbocycles. The lowest BCUT2D eigenvalue weighted by Gasteiger charge is -2.56. The smallest absolute Gasteiger partial charge is 0.302 e. The van der Waals surface area contributed by atoms with E-state index >= 15 is 0 Å². The fourth-order valence-electron chi connectivity index (χ4n) is 6.73. The van der Waals surface area contributed by atoms with Gasteiger partial charge in [-0.25, -0.2) is 0 Å². The van der Waals surface area contributed by atoms with E-state index < -0.39 is 0 Å². The van der Waals surface area contributed by atoms with Crippen LogP contribution in [0.4, 0.5) is 0 Å². The van der Waals surface area contributed by atoms with Crippen molar-refractivity contribution in [3.63, 3.8) is 0 Å². The number of hydrogen-bond acceptors (Lipinski definition) is 3. The van der Waals surface area contributed by atoms with E-state index in [1.165, 1.54) is 18.9 Å². The van der Waals surface area contributed by atoms with Gasteiger partial charge in [-0.05, 0) is 61.7 Å². The molecule has 3 unspecified atom stereocenters. The Morgan fingerprint density at radius 2 is 1.83 bits per heavy atom. The van der Waals surface area contributed by atoms with Gasteiger partial charge in [0.25, 0.3) is 0 Å². The number of ketones is 1. The summed E-state index contributed by atoms with van der Waals surface area (Å²) in [5.74, 6) is 2.33. The number of allylic oxidation sites excluding steroid dienone is 1. The lowest BCUT2D eigenvalue weighted by Crippen LogP contribution is -2.50. The number of carbonyl (C=O) groups is 2. The maximum Gasteiger partial charge on any atom is 0.302 e. The molecule has 0 bridgehead atoms. The van der Waals surface area contributed by atoms with Crippen molar-refractivity contribution in [2.24, 2.45) is 28.6 Å². The molecular formula is C21H30O3. The summed E-state index contributed by atoms with van der Waals surface area (Å²) in [6.45, 7) is 6.19. The van der Waals surface area contributed by atoms with Gasteiger partial charge >= 0.3 is 5.97 Å². The Labute approximate surface area is 145 Å². The van der Waals surface area contributed by atoms with Gasteiger partial charge in [-0.3, -0.25) is 9.59 Å². The first kappa shape index (κ1) is 16.4. The molecule has 0 saturated heterocycles. The molecule has 3 nitrogen and oxygen atoms in total. The second-order valence-electron chi connectivity index (χ2n) is 9.15. The zero-order valence-electron chi connectivity index (χ0n) is 15.3. The highest BCUT2D eigenvalue weighted by Crippen LogP contribution is 2.64. The molecule has 0 N–H and O–H groups in total. The maximum atomic E-state index is 12.4. The van der Waals surface area contributed by atoms with Crippen LogP contribution in [0.25, 0.3) is 0 Å². The summed E-state index contributed by atoms with van der Waals surface area (Å²) in [5.41, 5.74) is 1.74. The molecule has 4 rings (SSSR count). The minimum absolute atomic E-state index is 0.0438. The van der Waals surface area contributed by atoms with E-state index in [9.17, 15) is 9.59 Å². The van der Waals surface area contributed by atoms with Crippen molar-refractivity contribution in [1.29, 1.82) is 0 Å². The van der Waals surface area contributed by atoms with Gasteiger partial charge in [0, 0.05) is 25.2 Å². The monoisotopic (exact) mass is 330 g/mol. The molecule has 6 atom stereocenters. The van der Waals surface area contributed by atoms with E-state index in [1.807, 2.05) is 0 Å². The lowest BCUT2D eigenvalue weighted by atomic mass is 9.48. The molecule has 24 heavy (non-hydrogen) atoms. The van der Waals surface area contributed by atoms with Gasteiger partial charge < -0.3 is 4.74 Å². The zero-order chi connectivity index (χ0) is 17.1. The number of fused-ring (bicyclic) bond motifs is 5. The van der Waals surface area contributed by atoms with Crippen LogP contribution < -0.4 is 0 Å². The second-order valence-corrected chi connectivity index (χ2v) is 9.15. The minimum Gasteiger partial charge on any atom is -0.462 e. The molecule has 0 radical (unpaired) electrons. The fourth-order valence-corrected chi connectivity index (χ4v) is 6.73. The molecule has 0 amide bonds. The number of Topliss-reactive ketones (excluding diaryl/α,β-unsaturated/α-hetero) is 1. The highest BCUT2D eigenvalue weighted by molar-refractivity contribution is 5.87. The molecule has 0 heterocycles.